The van der Waals surface area contributed by atoms with Gasteiger partial charge in [0.05, 0.1) is 30.3 Å². The molecule has 39 heavy (non-hydrogen) atoms. The number of carbonyl (C=O) groups excluding carboxylic acids is 1. The number of benzene rings is 2. The van der Waals surface area contributed by atoms with E-state index in [2.05, 4.69) is 46.3 Å². The number of halogens is 2. The third kappa shape index (κ3) is 5.51. The zero-order chi connectivity index (χ0) is 28.8. The summed E-state index contributed by atoms with van der Waals surface area (Å²) < 4.78 is 39.8. The maximum Gasteiger partial charge on any atom is 0.339 e. The molecule has 3 aliphatic rings. The fourth-order valence-corrected chi connectivity index (χ4v) is 5.01. The molecular weight excluding hydrogens is 538 g/mol. The zero-order valence-corrected chi connectivity index (χ0v) is 24.4. The third-order valence-electron chi connectivity index (χ3n) is 6.72. The van der Waals surface area contributed by atoms with Crippen molar-refractivity contribution in [2.75, 3.05) is 7.11 Å². The molecule has 6 rings (SSSR count). The van der Waals surface area contributed by atoms with Gasteiger partial charge in [-0.25, -0.2) is 18.3 Å². The molecule has 2 aromatic carbocycles. The van der Waals surface area contributed by atoms with Crippen LogP contribution in [0, 0.1) is 23.5 Å². The Morgan fingerprint density at radius 1 is 1.08 bits per heavy atom. The smallest absolute Gasteiger partial charge is 0.339 e. The Bertz CT molecular complexity index is 1430. The van der Waals surface area contributed by atoms with Crippen molar-refractivity contribution in [3.05, 3.63) is 88.3 Å². The number of carbonyl (C=O) groups is 1. The first-order valence-electron chi connectivity index (χ1n) is 12.8. The van der Waals surface area contributed by atoms with Gasteiger partial charge in [-0.1, -0.05) is 39.5 Å². The molecule has 1 saturated carbocycles. The molecule has 9 heteroatoms. The van der Waals surface area contributed by atoms with E-state index in [4.69, 9.17) is 9.47 Å². The van der Waals surface area contributed by atoms with Gasteiger partial charge in [0.25, 0.3) is 0 Å². The predicted molar refractivity (Wildman–Crippen MR) is 156 cm³/mol. The number of thiol groups is 2. The Morgan fingerprint density at radius 3 is 2.41 bits per heavy atom. The van der Waals surface area contributed by atoms with E-state index in [-0.39, 0.29) is 11.4 Å². The van der Waals surface area contributed by atoms with Crippen LogP contribution in [0.25, 0.3) is 11.8 Å². The van der Waals surface area contributed by atoms with Crippen LogP contribution in [-0.2, 0) is 15.9 Å². The lowest BCUT2D eigenvalue weighted by Gasteiger charge is -2.19. The highest BCUT2D eigenvalue weighted by atomic mass is 33.1. The number of aromatic nitrogens is 2. The van der Waals surface area contributed by atoms with Gasteiger partial charge in [0, 0.05) is 17.5 Å². The summed E-state index contributed by atoms with van der Waals surface area (Å²) in [5.74, 6) is 4.83. The van der Waals surface area contributed by atoms with Gasteiger partial charge in [0.2, 0.25) is 0 Å². The molecule has 0 N–H and O–H groups in total. The summed E-state index contributed by atoms with van der Waals surface area (Å²) >= 11 is 6.44. The lowest BCUT2D eigenvalue weighted by Crippen LogP contribution is -2.25. The fraction of sp³-hybridized carbons (Fsp3) is 0.333. The number of methoxy groups -OCH3 is 1. The van der Waals surface area contributed by atoms with Crippen LogP contribution in [0.1, 0.15) is 67.7 Å². The maximum atomic E-state index is 13.7. The van der Waals surface area contributed by atoms with Gasteiger partial charge in [-0.3, -0.25) is 0 Å². The summed E-state index contributed by atoms with van der Waals surface area (Å²) in [5.41, 5.74) is 3.29. The lowest BCUT2D eigenvalue weighted by atomic mass is 9.83. The molecule has 0 amide bonds. The number of epoxide rings is 1. The second kappa shape index (κ2) is 12.9. The second-order valence-corrected chi connectivity index (χ2v) is 8.48. The van der Waals surface area contributed by atoms with Crippen LogP contribution in [0.5, 0.6) is 0 Å². The maximum absolute atomic E-state index is 13.7. The molecule has 1 saturated heterocycles. The monoisotopic (exact) mass is 570 g/mol. The molecule has 2 unspecified atom stereocenters. The summed E-state index contributed by atoms with van der Waals surface area (Å²) in [6.45, 7) is 8.00. The molecule has 2 fully saturated rings. The quantitative estimate of drug-likeness (QED) is 0.114. The number of ether oxygens (including phenoxy) is 2. The molecule has 5 nitrogen and oxygen atoms in total. The van der Waals surface area contributed by atoms with Crippen LogP contribution >= 0.6 is 23.3 Å². The van der Waals surface area contributed by atoms with Gasteiger partial charge in [-0.05, 0) is 67.0 Å². The number of hydrogen-bond acceptors (Lipinski definition) is 6. The molecule has 1 spiro atoms. The number of hydrogen-bond donors (Lipinski definition) is 2. The summed E-state index contributed by atoms with van der Waals surface area (Å²) in [7, 11) is 1.25. The van der Waals surface area contributed by atoms with Crippen LogP contribution < -0.4 is 0 Å². The molecule has 0 radical (unpaired) electrons. The summed E-state index contributed by atoms with van der Waals surface area (Å²) in [6, 6.07) is 10.1. The first-order chi connectivity index (χ1) is 18.9. The largest absolute Gasteiger partial charge is 0.465 e. The Labute approximate surface area is 238 Å². The Hall–Kier alpha value is -3.06. The van der Waals surface area contributed by atoms with Crippen molar-refractivity contribution in [1.82, 2.24) is 9.78 Å². The van der Waals surface area contributed by atoms with E-state index in [0.29, 0.717) is 12.0 Å². The SMILES string of the molecule is CC.CC.COC(=O)c1cc(F)ccc1C#CC12CCC3=Cc4c(cnn4-c4ccc(F)cc4)CC31O2.SS. The number of fused-ring (bicyclic) bond motifs is 1. The van der Waals surface area contributed by atoms with E-state index < -0.39 is 23.0 Å². The van der Waals surface area contributed by atoms with Crippen molar-refractivity contribution in [2.45, 2.75) is 58.2 Å². The normalized spacial score (nSPS) is 20.8. The van der Waals surface area contributed by atoms with Crippen LogP contribution in [0.15, 0.2) is 54.2 Å². The first-order valence-corrected chi connectivity index (χ1v) is 14.4. The van der Waals surface area contributed by atoms with E-state index in [1.807, 2.05) is 38.6 Å². The van der Waals surface area contributed by atoms with Crippen LogP contribution in [0.2, 0.25) is 0 Å². The van der Waals surface area contributed by atoms with E-state index >= 15 is 0 Å². The second-order valence-electron chi connectivity index (χ2n) is 8.48. The van der Waals surface area contributed by atoms with Crippen molar-refractivity contribution in [1.29, 1.82) is 0 Å². The van der Waals surface area contributed by atoms with Crippen molar-refractivity contribution in [3.8, 4) is 17.5 Å². The number of esters is 1. The molecule has 1 aliphatic heterocycles. The van der Waals surface area contributed by atoms with Crippen molar-refractivity contribution in [3.63, 3.8) is 0 Å². The van der Waals surface area contributed by atoms with Gasteiger partial charge >= 0.3 is 5.97 Å². The predicted octanol–water partition coefficient (Wildman–Crippen LogP) is 7.04. The topological polar surface area (TPSA) is 56.6 Å². The Balaban J connectivity index is 0.000000657. The molecule has 2 atom stereocenters. The van der Waals surface area contributed by atoms with Crippen LogP contribution in [0.4, 0.5) is 8.78 Å². The van der Waals surface area contributed by atoms with Crippen LogP contribution in [0.3, 0.4) is 0 Å². The average Bonchev–Trinajstić information content (AvgIpc) is 3.25. The minimum Gasteiger partial charge on any atom is -0.465 e. The summed E-state index contributed by atoms with van der Waals surface area (Å²) in [4.78, 5) is 12.0. The minimum absolute atomic E-state index is 0.0939. The van der Waals surface area contributed by atoms with E-state index in [9.17, 15) is 13.6 Å². The Kier molecular flexibility index (Phi) is 10.1. The molecule has 2 aliphatic carbocycles. The zero-order valence-electron chi connectivity index (χ0n) is 22.6. The van der Waals surface area contributed by atoms with Gasteiger partial charge in [-0.15, -0.1) is 23.3 Å². The van der Waals surface area contributed by atoms with Gasteiger partial charge in [-0.2, -0.15) is 5.10 Å². The number of nitrogens with zero attached hydrogens (tertiary/aromatic N) is 2. The highest BCUT2D eigenvalue weighted by molar-refractivity contribution is 8.59. The van der Waals surface area contributed by atoms with Gasteiger partial charge < -0.3 is 9.47 Å². The molecule has 206 valence electrons. The van der Waals surface area contributed by atoms with Crippen molar-refractivity contribution in [2.24, 2.45) is 0 Å². The van der Waals surface area contributed by atoms with Gasteiger partial charge in [0.1, 0.15) is 17.2 Å². The highest BCUT2D eigenvalue weighted by Gasteiger charge is 2.75. The minimum atomic E-state index is -0.643. The Morgan fingerprint density at radius 2 is 1.74 bits per heavy atom. The standard InChI is InChI=1S/C26H18F2N2O3.2C2H6.H2S2/c1-32-24(31)22-13-20(28)3-2-16(22)8-10-25-11-9-18-12-23-17(14-26(18,25)33-25)15-29-30(23)21-6-4-19(27)5-7-21;3*1-2/h2-7,12-13,15H,9,11,14H2,1H3;2*1-2H3;1-2H. The summed E-state index contributed by atoms with van der Waals surface area (Å²) in [5, 5.41) is 4.51. The van der Waals surface area contributed by atoms with Gasteiger partial charge in [0.15, 0.2) is 5.60 Å². The van der Waals surface area contributed by atoms with Crippen molar-refractivity contribution < 1.29 is 23.0 Å². The summed E-state index contributed by atoms with van der Waals surface area (Å²) in [6.07, 6.45) is 6.11. The van der Waals surface area contributed by atoms with Crippen molar-refractivity contribution >= 4 is 35.4 Å². The highest BCUT2D eigenvalue weighted by Crippen LogP contribution is 2.65. The first kappa shape index (κ1) is 30.5. The lowest BCUT2D eigenvalue weighted by molar-refractivity contribution is 0.0600. The van der Waals surface area contributed by atoms with E-state index in [1.54, 1.807) is 12.1 Å². The molecule has 3 aromatic rings. The van der Waals surface area contributed by atoms with E-state index in [0.717, 1.165) is 41.4 Å². The van der Waals surface area contributed by atoms with Crippen LogP contribution in [-0.4, -0.2) is 34.1 Å². The molecular formula is C30H32F2N2O3S2. The average molecular weight is 571 g/mol. The third-order valence-corrected chi connectivity index (χ3v) is 6.72. The van der Waals surface area contributed by atoms with E-state index in [1.165, 1.54) is 31.4 Å². The molecule has 1 aromatic heterocycles. The molecule has 0 bridgehead atoms. The fourth-order valence-electron chi connectivity index (χ4n) is 5.01. The molecule has 2 heterocycles. The number of rotatable bonds is 2.